The Labute approximate surface area is 116 Å². The van der Waals surface area contributed by atoms with Crippen LogP contribution in [0.15, 0.2) is 29.2 Å². The minimum Gasteiger partial charge on any atom is -0.299 e. The highest BCUT2D eigenvalue weighted by molar-refractivity contribution is 7.99. The molecular weight excluding hydrogens is 262 g/mol. The van der Waals surface area contributed by atoms with Crippen LogP contribution in [-0.4, -0.2) is 22.8 Å². The predicted octanol–water partition coefficient (Wildman–Crippen LogP) is 2.72. The Balaban J connectivity index is 1.84. The highest BCUT2D eigenvalue weighted by Crippen LogP contribution is 2.29. The van der Waals surface area contributed by atoms with E-state index in [0.717, 1.165) is 12.8 Å². The van der Waals surface area contributed by atoms with Gasteiger partial charge in [-0.1, -0.05) is 12.1 Å². The maximum atomic E-state index is 10.9. The summed E-state index contributed by atoms with van der Waals surface area (Å²) in [4.78, 5) is 11.2. The van der Waals surface area contributed by atoms with Crippen LogP contribution in [0.2, 0.25) is 0 Å². The molecule has 1 N–H and O–H groups in total. The van der Waals surface area contributed by atoms with Gasteiger partial charge in [-0.2, -0.15) is 5.26 Å². The molecule has 0 bridgehead atoms. The maximum absolute atomic E-state index is 10.9. The number of rotatable bonds is 7. The molecule has 0 amide bonds. The minimum absolute atomic E-state index is 0.135. The van der Waals surface area contributed by atoms with Crippen molar-refractivity contribution in [3.05, 3.63) is 34.4 Å². The van der Waals surface area contributed by atoms with Crippen molar-refractivity contribution in [1.29, 1.82) is 5.26 Å². The Morgan fingerprint density at radius 3 is 2.89 bits per heavy atom. The lowest BCUT2D eigenvalue weighted by Crippen LogP contribution is -2.29. The van der Waals surface area contributed by atoms with Crippen LogP contribution in [-0.2, 0) is 0 Å². The fourth-order valence-corrected chi connectivity index (χ4v) is 2.78. The normalized spacial score (nSPS) is 15.7. The molecule has 1 aliphatic carbocycles. The van der Waals surface area contributed by atoms with E-state index in [0.29, 0.717) is 23.1 Å². The Kier molecular flexibility index (Phi) is 4.77. The molecule has 1 aromatic rings. The van der Waals surface area contributed by atoms with Gasteiger partial charge in [0.15, 0.2) is 0 Å². The Bertz CT molecular complexity index is 497. The van der Waals surface area contributed by atoms with Crippen LogP contribution in [0.25, 0.3) is 0 Å². The fourth-order valence-electron chi connectivity index (χ4n) is 1.74. The molecule has 0 saturated heterocycles. The van der Waals surface area contributed by atoms with Gasteiger partial charge in [0.2, 0.25) is 0 Å². The van der Waals surface area contributed by atoms with Crippen LogP contribution in [0.5, 0.6) is 0 Å². The average molecular weight is 277 g/mol. The molecule has 100 valence electrons. The molecule has 1 unspecified atom stereocenters. The van der Waals surface area contributed by atoms with E-state index >= 15 is 0 Å². The van der Waals surface area contributed by atoms with Gasteiger partial charge in [0.1, 0.15) is 0 Å². The lowest BCUT2D eigenvalue weighted by molar-refractivity contribution is -0.387. The van der Waals surface area contributed by atoms with E-state index in [9.17, 15) is 10.1 Å². The van der Waals surface area contributed by atoms with Crippen LogP contribution in [0, 0.1) is 21.4 Å². The summed E-state index contributed by atoms with van der Waals surface area (Å²) in [7, 11) is 0. The molecule has 1 aliphatic rings. The first-order chi connectivity index (χ1) is 9.20. The van der Waals surface area contributed by atoms with E-state index in [1.54, 1.807) is 18.2 Å². The molecule has 0 radical (unpaired) electrons. The van der Waals surface area contributed by atoms with Crippen molar-refractivity contribution >= 4 is 17.4 Å². The van der Waals surface area contributed by atoms with Gasteiger partial charge in [-0.15, -0.1) is 11.8 Å². The number of nitrogens with one attached hydrogen (secondary N) is 1. The van der Waals surface area contributed by atoms with E-state index < -0.39 is 0 Å². The lowest BCUT2D eigenvalue weighted by Gasteiger charge is -2.10. The Morgan fingerprint density at radius 2 is 2.26 bits per heavy atom. The lowest BCUT2D eigenvalue weighted by atomic mass is 10.2. The summed E-state index contributed by atoms with van der Waals surface area (Å²) in [6, 6.07) is 9.30. The maximum Gasteiger partial charge on any atom is 0.282 e. The van der Waals surface area contributed by atoms with Crippen molar-refractivity contribution in [2.45, 2.75) is 36.2 Å². The Morgan fingerprint density at radius 1 is 1.53 bits per heavy atom. The van der Waals surface area contributed by atoms with Gasteiger partial charge >= 0.3 is 0 Å². The predicted molar refractivity (Wildman–Crippen MR) is 74.0 cm³/mol. The van der Waals surface area contributed by atoms with E-state index in [1.165, 1.54) is 17.8 Å². The molecule has 0 heterocycles. The highest BCUT2D eigenvalue weighted by Gasteiger charge is 2.24. The third-order valence-corrected chi connectivity index (χ3v) is 3.99. The van der Waals surface area contributed by atoms with E-state index in [2.05, 4.69) is 11.4 Å². The first-order valence-electron chi connectivity index (χ1n) is 6.22. The van der Waals surface area contributed by atoms with E-state index in [4.69, 9.17) is 5.26 Å². The van der Waals surface area contributed by atoms with Crippen LogP contribution in [0.1, 0.15) is 19.3 Å². The summed E-state index contributed by atoms with van der Waals surface area (Å²) in [5.41, 5.74) is 0.135. The molecule has 1 saturated carbocycles. The number of hydrogen-bond acceptors (Lipinski definition) is 5. The summed E-state index contributed by atoms with van der Waals surface area (Å²) in [6.45, 7) is 0. The summed E-state index contributed by atoms with van der Waals surface area (Å²) in [6.07, 6.45) is 2.99. The second-order valence-electron chi connectivity index (χ2n) is 4.48. The Hall–Kier alpha value is -1.58. The first-order valence-corrected chi connectivity index (χ1v) is 7.21. The largest absolute Gasteiger partial charge is 0.299 e. The number of nitrogens with zero attached hydrogens (tertiary/aromatic N) is 2. The van der Waals surface area contributed by atoms with Crippen molar-refractivity contribution in [2.24, 2.45) is 0 Å². The second kappa shape index (κ2) is 6.55. The monoisotopic (exact) mass is 277 g/mol. The van der Waals surface area contributed by atoms with Crippen molar-refractivity contribution in [2.75, 3.05) is 5.75 Å². The fraction of sp³-hybridized carbons (Fsp3) is 0.462. The smallest absolute Gasteiger partial charge is 0.282 e. The number of hydrogen-bond donors (Lipinski definition) is 1. The molecular formula is C13H15N3O2S. The number of nitriles is 1. The molecule has 1 fully saturated rings. The number of benzene rings is 1. The highest BCUT2D eigenvalue weighted by atomic mass is 32.2. The molecule has 1 aromatic carbocycles. The van der Waals surface area contributed by atoms with Crippen LogP contribution in [0.3, 0.4) is 0 Å². The molecule has 1 atom stereocenters. The number of nitro benzene ring substituents is 1. The zero-order valence-electron chi connectivity index (χ0n) is 10.4. The van der Waals surface area contributed by atoms with Gasteiger partial charge < -0.3 is 0 Å². The topological polar surface area (TPSA) is 79.0 Å². The second-order valence-corrected chi connectivity index (χ2v) is 5.62. The zero-order chi connectivity index (χ0) is 13.7. The summed E-state index contributed by atoms with van der Waals surface area (Å²) in [5, 5.41) is 23.1. The van der Waals surface area contributed by atoms with Gasteiger partial charge in [-0.3, -0.25) is 15.4 Å². The summed E-state index contributed by atoms with van der Waals surface area (Å²) in [5.74, 6) is 0.697. The molecule has 2 rings (SSSR count). The third-order valence-electron chi connectivity index (χ3n) is 2.90. The summed E-state index contributed by atoms with van der Waals surface area (Å²) >= 11 is 1.43. The van der Waals surface area contributed by atoms with Crippen LogP contribution in [0.4, 0.5) is 5.69 Å². The standard InChI is InChI=1S/C13H15N3O2S/c14-9-11(15-10-5-6-10)7-8-19-13-4-2-1-3-12(13)16(17)18/h1-4,10-11,15H,5-8H2. The van der Waals surface area contributed by atoms with Crippen molar-refractivity contribution < 1.29 is 4.92 Å². The van der Waals surface area contributed by atoms with Gasteiger partial charge in [-0.05, 0) is 25.3 Å². The molecule has 0 spiro atoms. The van der Waals surface area contributed by atoms with Gasteiger partial charge in [0.05, 0.1) is 21.9 Å². The quantitative estimate of drug-likeness (QED) is 0.471. The molecule has 6 heteroatoms. The van der Waals surface area contributed by atoms with Crippen molar-refractivity contribution in [3.8, 4) is 6.07 Å². The SMILES string of the molecule is N#CC(CCSc1ccccc1[N+](=O)[O-])NC1CC1. The molecule has 0 aromatic heterocycles. The minimum atomic E-state index is -0.368. The van der Waals surface area contributed by atoms with Crippen LogP contribution >= 0.6 is 11.8 Å². The molecule has 5 nitrogen and oxygen atoms in total. The van der Waals surface area contributed by atoms with E-state index in [1.807, 2.05) is 0 Å². The number of nitro groups is 1. The molecule has 19 heavy (non-hydrogen) atoms. The van der Waals surface area contributed by atoms with E-state index in [-0.39, 0.29) is 16.7 Å². The summed E-state index contributed by atoms with van der Waals surface area (Å²) < 4.78 is 0. The van der Waals surface area contributed by atoms with Gasteiger partial charge in [-0.25, -0.2) is 0 Å². The van der Waals surface area contributed by atoms with Crippen molar-refractivity contribution in [1.82, 2.24) is 5.32 Å². The zero-order valence-corrected chi connectivity index (χ0v) is 11.2. The third kappa shape index (κ3) is 4.23. The first kappa shape index (κ1) is 13.8. The van der Waals surface area contributed by atoms with Crippen LogP contribution < -0.4 is 5.32 Å². The number of para-hydroxylation sites is 1. The van der Waals surface area contributed by atoms with Crippen molar-refractivity contribution in [3.63, 3.8) is 0 Å². The average Bonchev–Trinajstić information content (AvgIpc) is 3.22. The van der Waals surface area contributed by atoms with Gasteiger partial charge in [0, 0.05) is 17.9 Å². The van der Waals surface area contributed by atoms with Gasteiger partial charge in [0.25, 0.3) is 5.69 Å². The molecule has 0 aliphatic heterocycles. The number of thioether (sulfide) groups is 1.